The van der Waals surface area contributed by atoms with Crippen LogP contribution in [0, 0.1) is 13.8 Å². The summed E-state index contributed by atoms with van der Waals surface area (Å²) >= 11 is 1.54. The highest BCUT2D eigenvalue weighted by atomic mass is 32.2. The molecule has 1 aliphatic rings. The minimum atomic E-state index is -3.32. The van der Waals surface area contributed by atoms with Gasteiger partial charge in [0.15, 0.2) is 9.84 Å². The summed E-state index contributed by atoms with van der Waals surface area (Å²) in [6.07, 6.45) is 0. The predicted octanol–water partition coefficient (Wildman–Crippen LogP) is 2.09. The van der Waals surface area contributed by atoms with Gasteiger partial charge < -0.3 is 10.6 Å². The van der Waals surface area contributed by atoms with Crippen molar-refractivity contribution >= 4 is 27.2 Å². The molecule has 0 bridgehead atoms. The van der Waals surface area contributed by atoms with E-state index in [1.165, 1.54) is 11.3 Å². The van der Waals surface area contributed by atoms with Gasteiger partial charge in [-0.25, -0.2) is 18.2 Å². The van der Waals surface area contributed by atoms with Crippen molar-refractivity contribution in [2.75, 3.05) is 5.75 Å². The molecule has 1 aromatic heterocycles. The number of carbonyl (C=O) groups is 1. The summed E-state index contributed by atoms with van der Waals surface area (Å²) in [5, 5.41) is 6.29. The van der Waals surface area contributed by atoms with E-state index in [1.54, 1.807) is 24.3 Å². The van der Waals surface area contributed by atoms with Crippen LogP contribution in [0.4, 0.5) is 4.79 Å². The number of nitrogens with zero attached hydrogens (tertiary/aromatic N) is 1. The zero-order valence-corrected chi connectivity index (χ0v) is 14.4. The van der Waals surface area contributed by atoms with Crippen LogP contribution >= 0.6 is 11.3 Å². The number of hydrogen-bond acceptors (Lipinski definition) is 5. The molecule has 0 fully saturated rings. The van der Waals surface area contributed by atoms with Crippen LogP contribution in [0.25, 0.3) is 0 Å². The number of sulfone groups is 1. The molecule has 3 rings (SSSR count). The topological polar surface area (TPSA) is 88.2 Å². The van der Waals surface area contributed by atoms with E-state index in [4.69, 9.17) is 0 Å². The van der Waals surface area contributed by atoms with Crippen molar-refractivity contribution in [1.82, 2.24) is 15.6 Å². The van der Waals surface area contributed by atoms with Gasteiger partial charge in [-0.2, -0.15) is 0 Å². The standard InChI is InChI=1S/C15H17N3O3S2/c1-9-10(2)22-14(17-9)7-16-15(19)18-12-8-23(20,21)13-6-4-3-5-11(12)13/h3-6,12H,7-8H2,1-2H3,(H2,16,18,19). The van der Waals surface area contributed by atoms with Crippen molar-refractivity contribution in [3.8, 4) is 0 Å². The molecule has 8 heteroatoms. The minimum absolute atomic E-state index is 0.102. The first-order chi connectivity index (χ1) is 10.9. The van der Waals surface area contributed by atoms with Crippen LogP contribution in [0.15, 0.2) is 29.2 Å². The summed E-state index contributed by atoms with van der Waals surface area (Å²) in [5.41, 5.74) is 1.60. The van der Waals surface area contributed by atoms with Gasteiger partial charge in [0, 0.05) is 4.88 Å². The predicted molar refractivity (Wildman–Crippen MR) is 88.2 cm³/mol. The Morgan fingerprint density at radius 1 is 1.35 bits per heavy atom. The van der Waals surface area contributed by atoms with Gasteiger partial charge in [-0.15, -0.1) is 11.3 Å². The molecule has 2 heterocycles. The number of aryl methyl sites for hydroxylation is 2. The maximum absolute atomic E-state index is 12.1. The van der Waals surface area contributed by atoms with Crippen molar-refractivity contribution in [2.45, 2.75) is 31.3 Å². The smallest absolute Gasteiger partial charge is 0.315 e. The molecule has 0 spiro atoms. The largest absolute Gasteiger partial charge is 0.332 e. The first-order valence-electron chi connectivity index (χ1n) is 7.16. The Kier molecular flexibility index (Phi) is 4.11. The lowest BCUT2D eigenvalue weighted by Gasteiger charge is -2.13. The Labute approximate surface area is 138 Å². The molecule has 1 aliphatic heterocycles. The van der Waals surface area contributed by atoms with Crippen molar-refractivity contribution < 1.29 is 13.2 Å². The quantitative estimate of drug-likeness (QED) is 0.886. The minimum Gasteiger partial charge on any atom is -0.332 e. The summed E-state index contributed by atoms with van der Waals surface area (Å²) in [5.74, 6) is -0.102. The molecular formula is C15H17N3O3S2. The number of fused-ring (bicyclic) bond motifs is 1. The summed E-state index contributed by atoms with van der Waals surface area (Å²) < 4.78 is 24.2. The van der Waals surface area contributed by atoms with Crippen molar-refractivity contribution in [3.63, 3.8) is 0 Å². The summed E-state index contributed by atoms with van der Waals surface area (Å²) in [4.78, 5) is 17.8. The normalized spacial score (nSPS) is 18.4. The molecule has 6 nitrogen and oxygen atoms in total. The second kappa shape index (κ2) is 5.93. The zero-order valence-electron chi connectivity index (χ0n) is 12.8. The van der Waals surface area contributed by atoms with Gasteiger partial charge in [0.25, 0.3) is 0 Å². The molecule has 1 atom stereocenters. The van der Waals surface area contributed by atoms with E-state index in [0.717, 1.165) is 15.6 Å². The fourth-order valence-electron chi connectivity index (χ4n) is 2.55. The molecule has 0 aliphatic carbocycles. The fraction of sp³-hybridized carbons (Fsp3) is 0.333. The van der Waals surface area contributed by atoms with E-state index in [2.05, 4.69) is 15.6 Å². The lowest BCUT2D eigenvalue weighted by molar-refractivity contribution is 0.237. The molecule has 23 heavy (non-hydrogen) atoms. The van der Waals surface area contributed by atoms with Crippen molar-refractivity contribution in [3.05, 3.63) is 45.4 Å². The number of nitrogens with one attached hydrogen (secondary N) is 2. The van der Waals surface area contributed by atoms with E-state index in [0.29, 0.717) is 17.0 Å². The lowest BCUT2D eigenvalue weighted by Crippen LogP contribution is -2.38. The number of thiazole rings is 1. The summed E-state index contributed by atoms with van der Waals surface area (Å²) in [6.45, 7) is 4.24. The van der Waals surface area contributed by atoms with Crippen molar-refractivity contribution in [1.29, 1.82) is 0 Å². The lowest BCUT2D eigenvalue weighted by atomic mass is 10.1. The number of urea groups is 1. The van der Waals surface area contributed by atoms with Crippen LogP contribution < -0.4 is 10.6 Å². The van der Waals surface area contributed by atoms with E-state index < -0.39 is 21.9 Å². The third-order valence-electron chi connectivity index (χ3n) is 3.79. The summed E-state index contributed by atoms with van der Waals surface area (Å²) in [7, 11) is -3.32. The van der Waals surface area contributed by atoms with Crippen LogP contribution in [-0.2, 0) is 16.4 Å². The zero-order chi connectivity index (χ0) is 16.6. The number of amides is 2. The van der Waals surface area contributed by atoms with Gasteiger partial charge in [-0.1, -0.05) is 18.2 Å². The molecule has 0 radical (unpaired) electrons. The Balaban J connectivity index is 1.65. The average molecular weight is 351 g/mol. The highest BCUT2D eigenvalue weighted by molar-refractivity contribution is 7.91. The van der Waals surface area contributed by atoms with Gasteiger partial charge in [0.1, 0.15) is 5.01 Å². The average Bonchev–Trinajstić information content (AvgIpc) is 2.95. The monoisotopic (exact) mass is 351 g/mol. The molecule has 122 valence electrons. The van der Waals surface area contributed by atoms with E-state index in [-0.39, 0.29) is 5.75 Å². The van der Waals surface area contributed by atoms with Gasteiger partial charge in [-0.05, 0) is 25.5 Å². The van der Waals surface area contributed by atoms with E-state index in [1.807, 2.05) is 13.8 Å². The van der Waals surface area contributed by atoms with Crippen molar-refractivity contribution in [2.24, 2.45) is 0 Å². The van der Waals surface area contributed by atoms with Gasteiger partial charge in [0.2, 0.25) is 0 Å². The third kappa shape index (κ3) is 3.23. The van der Waals surface area contributed by atoms with Crippen LogP contribution in [0.5, 0.6) is 0 Å². The number of rotatable bonds is 3. The number of aromatic nitrogens is 1. The maximum atomic E-state index is 12.1. The second-order valence-corrected chi connectivity index (χ2v) is 8.74. The van der Waals surface area contributed by atoms with E-state index >= 15 is 0 Å². The van der Waals surface area contributed by atoms with Gasteiger partial charge in [0.05, 0.1) is 28.9 Å². The Bertz CT molecular complexity index is 839. The molecule has 1 unspecified atom stereocenters. The number of hydrogen-bond donors (Lipinski definition) is 2. The Morgan fingerprint density at radius 2 is 2.09 bits per heavy atom. The molecule has 0 saturated heterocycles. The van der Waals surface area contributed by atoms with Crippen LogP contribution in [0.2, 0.25) is 0 Å². The first-order valence-corrected chi connectivity index (χ1v) is 9.62. The summed E-state index contributed by atoms with van der Waals surface area (Å²) in [6, 6.07) is 5.85. The molecule has 2 amide bonds. The Hall–Kier alpha value is -1.93. The molecular weight excluding hydrogens is 334 g/mol. The SMILES string of the molecule is Cc1nc(CNC(=O)NC2CS(=O)(=O)c3ccccc32)sc1C. The number of carbonyl (C=O) groups excluding carboxylic acids is 1. The highest BCUT2D eigenvalue weighted by Crippen LogP contribution is 2.32. The van der Waals surface area contributed by atoms with Crippen LogP contribution in [0.1, 0.15) is 27.2 Å². The molecule has 0 saturated carbocycles. The van der Waals surface area contributed by atoms with E-state index in [9.17, 15) is 13.2 Å². The third-order valence-corrected chi connectivity index (χ3v) is 6.68. The van der Waals surface area contributed by atoms with Gasteiger partial charge >= 0.3 is 6.03 Å². The first kappa shape index (κ1) is 15.9. The molecule has 2 N–H and O–H groups in total. The van der Waals surface area contributed by atoms with Gasteiger partial charge in [-0.3, -0.25) is 0 Å². The van der Waals surface area contributed by atoms with Crippen LogP contribution in [0.3, 0.4) is 0 Å². The fourth-order valence-corrected chi connectivity index (χ4v) is 5.16. The Morgan fingerprint density at radius 3 is 2.78 bits per heavy atom. The second-order valence-electron chi connectivity index (χ2n) is 5.45. The highest BCUT2D eigenvalue weighted by Gasteiger charge is 2.35. The van der Waals surface area contributed by atoms with Crippen LogP contribution in [-0.4, -0.2) is 25.2 Å². The number of benzene rings is 1. The molecule has 1 aromatic carbocycles. The maximum Gasteiger partial charge on any atom is 0.315 e. The molecule has 2 aromatic rings.